The van der Waals surface area contributed by atoms with Crippen LogP contribution in [0.1, 0.15) is 47.9 Å². The van der Waals surface area contributed by atoms with Crippen molar-refractivity contribution in [2.24, 2.45) is 5.73 Å². The Morgan fingerprint density at radius 2 is 2.30 bits per heavy atom. The van der Waals surface area contributed by atoms with Gasteiger partial charge in [-0.05, 0) is 54.6 Å². The van der Waals surface area contributed by atoms with Crippen LogP contribution in [0.25, 0.3) is 11.0 Å². The number of rotatable bonds is 4. The highest BCUT2D eigenvalue weighted by Crippen LogP contribution is 2.39. The van der Waals surface area contributed by atoms with Crippen molar-refractivity contribution in [3.63, 3.8) is 0 Å². The molecule has 0 aromatic carbocycles. The fraction of sp³-hybridized carbons (Fsp3) is 0.500. The molecule has 124 valence electrons. The predicted molar refractivity (Wildman–Crippen MR) is 99.9 cm³/mol. The van der Waals surface area contributed by atoms with Gasteiger partial charge in [0.25, 0.3) is 5.91 Å². The summed E-state index contributed by atoms with van der Waals surface area (Å²) in [5.41, 5.74) is 12.8. The lowest BCUT2D eigenvalue weighted by Gasteiger charge is -2.30. The molecule has 2 aromatic rings. The largest absolute Gasteiger partial charge is 0.384 e. The highest BCUT2D eigenvalue weighted by Gasteiger charge is 2.29. The van der Waals surface area contributed by atoms with E-state index in [9.17, 15) is 4.79 Å². The molecular formula is C14H19IN5O2P. The minimum Gasteiger partial charge on any atom is -0.384 e. The molecule has 0 saturated heterocycles. The molecule has 1 fully saturated rings. The maximum absolute atomic E-state index is 11.8. The van der Waals surface area contributed by atoms with Gasteiger partial charge in [-0.1, -0.05) is 0 Å². The third kappa shape index (κ3) is 3.16. The summed E-state index contributed by atoms with van der Waals surface area (Å²) in [5, 5.41) is 0.624. The van der Waals surface area contributed by atoms with Crippen LogP contribution >= 0.6 is 28.5 Å². The average Bonchev–Trinajstić information content (AvgIpc) is 2.79. The molecule has 3 atom stereocenters. The smallest absolute Gasteiger partial charge is 0.253 e. The maximum atomic E-state index is 11.8. The molecule has 7 nitrogen and oxygen atoms in total. The van der Waals surface area contributed by atoms with Crippen molar-refractivity contribution in [3.05, 3.63) is 17.6 Å². The molecule has 0 radical (unpaired) electrons. The van der Waals surface area contributed by atoms with Crippen molar-refractivity contribution >= 4 is 51.2 Å². The molecule has 1 amide bonds. The molecule has 3 rings (SSSR count). The van der Waals surface area contributed by atoms with Crippen molar-refractivity contribution in [3.8, 4) is 0 Å². The summed E-state index contributed by atoms with van der Waals surface area (Å²) in [6.07, 6.45) is 5.83. The Bertz CT molecular complexity index is 748. The lowest BCUT2D eigenvalue weighted by Crippen LogP contribution is -2.24. The van der Waals surface area contributed by atoms with Crippen LogP contribution in [-0.4, -0.2) is 26.5 Å². The van der Waals surface area contributed by atoms with Gasteiger partial charge < -0.3 is 20.6 Å². The number of fused-ring (bicyclic) bond motifs is 1. The minimum atomic E-state index is -0.545. The monoisotopic (exact) mass is 447 g/mol. The van der Waals surface area contributed by atoms with E-state index in [1.807, 2.05) is 11.5 Å². The fourth-order valence-electron chi connectivity index (χ4n) is 3.34. The molecule has 1 aliphatic rings. The lowest BCUT2D eigenvalue weighted by molar-refractivity contribution is 0.100. The summed E-state index contributed by atoms with van der Waals surface area (Å²) in [4.78, 5) is 20.5. The molecule has 0 bridgehead atoms. The van der Waals surface area contributed by atoms with Crippen LogP contribution < -0.4 is 11.5 Å². The van der Waals surface area contributed by atoms with Gasteiger partial charge in [-0.3, -0.25) is 4.79 Å². The minimum absolute atomic E-state index is 0.159. The van der Waals surface area contributed by atoms with E-state index in [2.05, 4.69) is 32.0 Å². The number of halogens is 1. The number of nitrogens with two attached hydrogens (primary N) is 2. The van der Waals surface area contributed by atoms with Gasteiger partial charge in [-0.2, -0.15) is 0 Å². The molecule has 0 spiro atoms. The standard InChI is InChI=1S/C14H19IN5O2P/c1-7-18-6-10-11(13(17)21)12(16)20(14(10)19-7)8-3-2-4-9(5-8)22-23-15/h6,8-9,23H,2-5,16H2,1H3,(H2,17,21). The van der Waals surface area contributed by atoms with Crippen molar-refractivity contribution in [1.82, 2.24) is 14.5 Å². The second kappa shape index (κ2) is 6.86. The Kier molecular flexibility index (Phi) is 5.03. The van der Waals surface area contributed by atoms with Gasteiger partial charge in [0.2, 0.25) is 0 Å². The Labute approximate surface area is 148 Å². The summed E-state index contributed by atoms with van der Waals surface area (Å²) < 4.78 is 7.75. The summed E-state index contributed by atoms with van der Waals surface area (Å²) in [6, 6.07) is 0.159. The van der Waals surface area contributed by atoms with E-state index in [0.717, 1.165) is 25.7 Å². The first kappa shape index (κ1) is 16.9. The van der Waals surface area contributed by atoms with E-state index in [-0.39, 0.29) is 12.1 Å². The van der Waals surface area contributed by atoms with E-state index in [1.54, 1.807) is 6.20 Å². The average molecular weight is 447 g/mol. The van der Waals surface area contributed by atoms with Crippen LogP contribution in [0.3, 0.4) is 0 Å². The molecule has 4 N–H and O–H groups in total. The summed E-state index contributed by atoms with van der Waals surface area (Å²) in [6.45, 7) is 2.26. The number of carbonyl (C=O) groups is 1. The first-order chi connectivity index (χ1) is 11.0. The van der Waals surface area contributed by atoms with Gasteiger partial charge in [-0.25, -0.2) is 9.97 Å². The Balaban J connectivity index is 2.11. The molecule has 0 aliphatic heterocycles. The zero-order valence-corrected chi connectivity index (χ0v) is 15.9. The number of aromatic nitrogens is 3. The maximum Gasteiger partial charge on any atom is 0.253 e. The van der Waals surface area contributed by atoms with E-state index < -0.39 is 5.91 Å². The van der Waals surface area contributed by atoms with E-state index in [1.165, 1.54) is 0 Å². The van der Waals surface area contributed by atoms with Gasteiger partial charge in [0.1, 0.15) is 17.3 Å². The first-order valence-electron chi connectivity index (χ1n) is 7.47. The first-order valence-corrected chi connectivity index (χ1v) is 11.5. The highest BCUT2D eigenvalue weighted by atomic mass is 127. The Morgan fingerprint density at radius 1 is 1.52 bits per heavy atom. The molecule has 2 heterocycles. The zero-order chi connectivity index (χ0) is 16.6. The third-order valence-electron chi connectivity index (χ3n) is 4.32. The number of hydrogen-bond donors (Lipinski definition) is 2. The topological polar surface area (TPSA) is 109 Å². The van der Waals surface area contributed by atoms with Crippen LogP contribution in [0.15, 0.2) is 6.20 Å². The molecule has 3 unspecified atom stereocenters. The molecule has 23 heavy (non-hydrogen) atoms. The van der Waals surface area contributed by atoms with Gasteiger partial charge >= 0.3 is 0 Å². The third-order valence-corrected chi connectivity index (χ3v) is 5.51. The molecule has 1 aliphatic carbocycles. The number of nitrogens with zero attached hydrogens (tertiary/aromatic N) is 3. The summed E-state index contributed by atoms with van der Waals surface area (Å²) in [7, 11) is 0. The lowest BCUT2D eigenvalue weighted by atomic mass is 9.93. The number of aryl methyl sites for hydroxylation is 1. The normalized spacial score (nSPS) is 22.2. The number of carbonyl (C=O) groups excluding carboxylic acids is 1. The predicted octanol–water partition coefficient (Wildman–Crippen LogP) is 2.86. The van der Waals surface area contributed by atoms with Crippen molar-refractivity contribution in [2.75, 3.05) is 5.73 Å². The van der Waals surface area contributed by atoms with E-state index in [0.29, 0.717) is 34.7 Å². The molecule has 1 saturated carbocycles. The SMILES string of the molecule is Cc1ncc2c(C(N)=O)c(N)n(C3CCCC(OPI)C3)c2n1. The van der Waals surface area contributed by atoms with Crippen molar-refractivity contribution < 1.29 is 9.32 Å². The van der Waals surface area contributed by atoms with Crippen LogP contribution in [-0.2, 0) is 4.52 Å². The number of hydrogen-bond acceptors (Lipinski definition) is 5. The summed E-state index contributed by atoms with van der Waals surface area (Å²) in [5.74, 6) is 0.482. The zero-order valence-electron chi connectivity index (χ0n) is 12.8. The molecule has 2 aromatic heterocycles. The second-order valence-corrected chi connectivity index (χ2v) is 7.50. The van der Waals surface area contributed by atoms with Crippen LogP contribution in [0, 0.1) is 6.92 Å². The van der Waals surface area contributed by atoms with Gasteiger partial charge in [0, 0.05) is 12.2 Å². The quantitative estimate of drug-likeness (QED) is 0.554. The van der Waals surface area contributed by atoms with Crippen molar-refractivity contribution in [2.45, 2.75) is 44.8 Å². The highest BCUT2D eigenvalue weighted by molar-refractivity contribution is 14.2. The summed E-state index contributed by atoms with van der Waals surface area (Å²) >= 11 is 2.24. The van der Waals surface area contributed by atoms with Crippen LogP contribution in [0.2, 0.25) is 0 Å². The van der Waals surface area contributed by atoms with Gasteiger partial charge in [-0.15, -0.1) is 0 Å². The molecular weight excluding hydrogens is 428 g/mol. The number of nitrogen functional groups attached to an aromatic ring is 1. The number of anilines is 1. The van der Waals surface area contributed by atoms with Crippen LogP contribution in [0.4, 0.5) is 5.82 Å². The van der Waals surface area contributed by atoms with Crippen molar-refractivity contribution in [1.29, 1.82) is 0 Å². The molecule has 9 heteroatoms. The second-order valence-electron chi connectivity index (χ2n) is 5.79. The number of primary amides is 1. The Morgan fingerprint density at radius 3 is 3.00 bits per heavy atom. The van der Waals surface area contributed by atoms with Gasteiger partial charge in [0.05, 0.1) is 23.5 Å². The Hall–Kier alpha value is -0.990. The number of amides is 1. The van der Waals surface area contributed by atoms with Gasteiger partial charge in [0.15, 0.2) is 0 Å². The van der Waals surface area contributed by atoms with E-state index in [4.69, 9.17) is 16.0 Å². The fourth-order valence-corrected chi connectivity index (χ4v) is 4.76. The van der Waals surface area contributed by atoms with E-state index >= 15 is 0 Å². The van der Waals surface area contributed by atoms with Crippen LogP contribution in [0.5, 0.6) is 0 Å².